The average molecular weight is 366 g/mol. The van der Waals surface area contributed by atoms with E-state index >= 15 is 0 Å². The quantitative estimate of drug-likeness (QED) is 0.751. The highest BCUT2D eigenvalue weighted by Crippen LogP contribution is 2.23. The molecule has 3 aromatic rings. The minimum atomic E-state index is -0.302. The molecule has 0 spiro atoms. The molecule has 7 heteroatoms. The Morgan fingerprint density at radius 2 is 2.07 bits per heavy atom. The molecule has 140 valence electrons. The lowest BCUT2D eigenvalue weighted by atomic mass is 10.2. The normalized spacial score (nSPS) is 16.8. The molecule has 0 radical (unpaired) electrons. The number of imidazole rings is 1. The maximum atomic E-state index is 12.6. The fourth-order valence-electron chi connectivity index (χ4n) is 3.60. The van der Waals surface area contributed by atoms with Crippen molar-refractivity contribution in [2.45, 2.75) is 38.6 Å². The highest BCUT2D eigenvalue weighted by atomic mass is 16.6. The number of benzene rings is 1. The molecule has 1 aliphatic heterocycles. The van der Waals surface area contributed by atoms with Crippen molar-refractivity contribution in [1.29, 1.82) is 0 Å². The van der Waals surface area contributed by atoms with Gasteiger partial charge in [0.1, 0.15) is 24.6 Å². The van der Waals surface area contributed by atoms with E-state index in [0.29, 0.717) is 18.9 Å². The van der Waals surface area contributed by atoms with Gasteiger partial charge in [0, 0.05) is 19.3 Å². The second-order valence-electron chi connectivity index (χ2n) is 6.67. The summed E-state index contributed by atoms with van der Waals surface area (Å²) in [6.07, 6.45) is 3.23. The van der Waals surface area contributed by atoms with E-state index in [4.69, 9.17) is 4.74 Å². The van der Waals surface area contributed by atoms with Crippen molar-refractivity contribution in [3.8, 4) is 0 Å². The van der Waals surface area contributed by atoms with E-state index < -0.39 is 0 Å². The third-order valence-corrected chi connectivity index (χ3v) is 4.93. The van der Waals surface area contributed by atoms with Crippen molar-refractivity contribution in [2.75, 3.05) is 6.54 Å². The minimum absolute atomic E-state index is 0.00187. The molecule has 0 bridgehead atoms. The third-order valence-electron chi connectivity index (χ3n) is 4.93. The van der Waals surface area contributed by atoms with Gasteiger partial charge < -0.3 is 19.3 Å². The second-order valence-corrected chi connectivity index (χ2v) is 6.67. The molecule has 0 aliphatic carbocycles. The number of pyridine rings is 1. The van der Waals surface area contributed by atoms with Crippen LogP contribution in [0.1, 0.15) is 24.2 Å². The molecule has 0 unspecified atom stereocenters. The Labute approximate surface area is 157 Å². The number of hydrogen-bond acceptors (Lipinski definition) is 5. The van der Waals surface area contributed by atoms with Crippen LogP contribution in [-0.2, 0) is 24.5 Å². The maximum absolute atomic E-state index is 12.6. The van der Waals surface area contributed by atoms with Gasteiger partial charge in [-0.1, -0.05) is 30.3 Å². The summed E-state index contributed by atoms with van der Waals surface area (Å²) in [5.41, 5.74) is 2.44. The van der Waals surface area contributed by atoms with E-state index in [9.17, 15) is 9.90 Å². The van der Waals surface area contributed by atoms with E-state index in [1.807, 2.05) is 47.0 Å². The summed E-state index contributed by atoms with van der Waals surface area (Å²) >= 11 is 0. The Hall–Kier alpha value is -2.93. The van der Waals surface area contributed by atoms with Gasteiger partial charge in [-0.2, -0.15) is 0 Å². The van der Waals surface area contributed by atoms with Crippen LogP contribution in [0, 0.1) is 0 Å². The van der Waals surface area contributed by atoms with Gasteiger partial charge >= 0.3 is 6.09 Å². The standard InChI is InChI=1S/C20H22N4O3/c25-13-18-22-17-9-4-10-21-19(17)24(18)12-16-8-5-11-23(16)20(26)27-14-15-6-2-1-3-7-15/h1-4,6-7,9-10,16,25H,5,8,11-14H2/t16-/m0/s1. The molecular formula is C20H22N4O3. The van der Waals surface area contributed by atoms with E-state index in [1.54, 1.807) is 11.1 Å². The zero-order valence-corrected chi connectivity index (χ0v) is 15.0. The first-order valence-corrected chi connectivity index (χ1v) is 9.14. The lowest BCUT2D eigenvalue weighted by Gasteiger charge is -2.25. The highest BCUT2D eigenvalue weighted by molar-refractivity contribution is 5.71. The van der Waals surface area contributed by atoms with Gasteiger partial charge in [-0.15, -0.1) is 0 Å². The van der Waals surface area contributed by atoms with E-state index in [1.165, 1.54) is 0 Å². The lowest BCUT2D eigenvalue weighted by Crippen LogP contribution is -2.38. The van der Waals surface area contributed by atoms with E-state index in [2.05, 4.69) is 9.97 Å². The Bertz CT molecular complexity index is 925. The van der Waals surface area contributed by atoms with Crippen LogP contribution in [0.3, 0.4) is 0 Å². The highest BCUT2D eigenvalue weighted by Gasteiger charge is 2.31. The molecule has 1 aliphatic rings. The molecule has 1 atom stereocenters. The number of amides is 1. The first-order valence-electron chi connectivity index (χ1n) is 9.14. The van der Waals surface area contributed by atoms with Crippen LogP contribution in [0.5, 0.6) is 0 Å². The maximum Gasteiger partial charge on any atom is 0.410 e. The molecule has 1 N–H and O–H groups in total. The number of nitrogens with zero attached hydrogens (tertiary/aromatic N) is 4. The van der Waals surface area contributed by atoms with Crippen LogP contribution in [0.25, 0.3) is 11.2 Å². The molecule has 1 aromatic carbocycles. The molecule has 1 saturated heterocycles. The summed E-state index contributed by atoms with van der Waals surface area (Å²) in [6, 6.07) is 13.4. The number of aliphatic hydroxyl groups is 1. The number of aliphatic hydroxyl groups excluding tert-OH is 1. The monoisotopic (exact) mass is 366 g/mol. The fraction of sp³-hybridized carbons (Fsp3) is 0.350. The smallest absolute Gasteiger partial charge is 0.410 e. The van der Waals surface area contributed by atoms with Crippen molar-refractivity contribution in [2.24, 2.45) is 0 Å². The second kappa shape index (κ2) is 7.75. The molecule has 1 fully saturated rings. The number of carbonyl (C=O) groups excluding carboxylic acids is 1. The van der Waals surface area contributed by atoms with Crippen molar-refractivity contribution >= 4 is 17.3 Å². The topological polar surface area (TPSA) is 80.5 Å². The molecule has 7 nitrogen and oxygen atoms in total. The average Bonchev–Trinajstić information content (AvgIpc) is 3.32. The minimum Gasteiger partial charge on any atom is -0.445 e. The summed E-state index contributed by atoms with van der Waals surface area (Å²) in [4.78, 5) is 23.2. The van der Waals surface area contributed by atoms with Crippen LogP contribution < -0.4 is 0 Å². The van der Waals surface area contributed by atoms with Crippen LogP contribution in [-0.4, -0.2) is 43.2 Å². The van der Waals surface area contributed by atoms with E-state index in [-0.39, 0.29) is 25.3 Å². The van der Waals surface area contributed by atoms with Gasteiger partial charge in [-0.25, -0.2) is 14.8 Å². The lowest BCUT2D eigenvalue weighted by molar-refractivity contribution is 0.0893. The van der Waals surface area contributed by atoms with Gasteiger partial charge in [0.25, 0.3) is 0 Å². The summed E-state index contributed by atoms with van der Waals surface area (Å²) in [5.74, 6) is 0.563. The molecule has 0 saturated carbocycles. The van der Waals surface area contributed by atoms with Gasteiger partial charge in [-0.05, 0) is 30.5 Å². The Morgan fingerprint density at radius 1 is 1.22 bits per heavy atom. The summed E-state index contributed by atoms with van der Waals surface area (Å²) in [5, 5.41) is 9.66. The molecule has 3 heterocycles. The largest absolute Gasteiger partial charge is 0.445 e. The summed E-state index contributed by atoms with van der Waals surface area (Å²) in [7, 11) is 0. The third kappa shape index (κ3) is 3.64. The zero-order chi connectivity index (χ0) is 18.6. The Kier molecular flexibility index (Phi) is 5.02. The van der Waals surface area contributed by atoms with E-state index in [0.717, 1.165) is 29.6 Å². The number of aromatic nitrogens is 3. The van der Waals surface area contributed by atoms with Crippen LogP contribution in [0.2, 0.25) is 0 Å². The zero-order valence-electron chi connectivity index (χ0n) is 15.0. The first kappa shape index (κ1) is 17.5. The number of likely N-dealkylation sites (tertiary alicyclic amines) is 1. The fourth-order valence-corrected chi connectivity index (χ4v) is 3.60. The van der Waals surface area contributed by atoms with Gasteiger partial charge in [0.05, 0.1) is 6.04 Å². The number of ether oxygens (including phenoxy) is 1. The molecule has 2 aromatic heterocycles. The van der Waals surface area contributed by atoms with Crippen LogP contribution >= 0.6 is 0 Å². The van der Waals surface area contributed by atoms with Gasteiger partial charge in [0.15, 0.2) is 5.65 Å². The number of carbonyl (C=O) groups is 1. The van der Waals surface area contributed by atoms with Crippen LogP contribution in [0.4, 0.5) is 4.79 Å². The molecular weight excluding hydrogens is 344 g/mol. The molecule has 4 rings (SSSR count). The van der Waals surface area contributed by atoms with Crippen molar-refractivity contribution in [3.05, 3.63) is 60.0 Å². The SMILES string of the molecule is O=C(OCc1ccccc1)N1CCC[C@H]1Cn1c(CO)nc2cccnc21. The summed E-state index contributed by atoms with van der Waals surface area (Å²) < 4.78 is 7.41. The van der Waals surface area contributed by atoms with Crippen LogP contribution in [0.15, 0.2) is 48.7 Å². The molecule has 27 heavy (non-hydrogen) atoms. The van der Waals surface area contributed by atoms with Crippen molar-refractivity contribution in [3.63, 3.8) is 0 Å². The Morgan fingerprint density at radius 3 is 2.89 bits per heavy atom. The van der Waals surface area contributed by atoms with Gasteiger partial charge in [0.2, 0.25) is 0 Å². The van der Waals surface area contributed by atoms with Gasteiger partial charge in [-0.3, -0.25) is 0 Å². The van der Waals surface area contributed by atoms with Crippen molar-refractivity contribution in [1.82, 2.24) is 19.4 Å². The predicted octanol–water partition coefficient (Wildman–Crippen LogP) is 2.72. The first-order chi connectivity index (χ1) is 13.3. The number of hydrogen-bond donors (Lipinski definition) is 1. The van der Waals surface area contributed by atoms with Crippen molar-refractivity contribution < 1.29 is 14.6 Å². The number of rotatable bonds is 5. The molecule has 1 amide bonds. The number of fused-ring (bicyclic) bond motifs is 1. The Balaban J connectivity index is 1.48. The summed E-state index contributed by atoms with van der Waals surface area (Å²) in [6.45, 7) is 1.32. The predicted molar refractivity (Wildman–Crippen MR) is 99.8 cm³/mol.